The van der Waals surface area contributed by atoms with Crippen molar-refractivity contribution in [3.63, 3.8) is 0 Å². The third kappa shape index (κ3) is 3.40. The van der Waals surface area contributed by atoms with E-state index in [1.807, 2.05) is 24.3 Å². The van der Waals surface area contributed by atoms with Crippen LogP contribution in [0.3, 0.4) is 0 Å². The minimum Gasteiger partial charge on any atom is -0.344 e. The smallest absolute Gasteiger partial charge is 0.262 e. The van der Waals surface area contributed by atoms with Crippen molar-refractivity contribution in [3.05, 3.63) is 34.3 Å². The number of halogens is 1. The molecule has 1 aromatic rings. The lowest BCUT2D eigenvalue weighted by molar-refractivity contribution is -0.125. The number of benzene rings is 1. The summed E-state index contributed by atoms with van der Waals surface area (Å²) in [5, 5.41) is 6.43. The Hall–Kier alpha value is -1.69. The molecule has 0 aromatic heterocycles. The summed E-state index contributed by atoms with van der Waals surface area (Å²) in [5.41, 5.74) is 3.30. The van der Waals surface area contributed by atoms with Crippen molar-refractivity contribution in [3.8, 4) is 0 Å². The van der Waals surface area contributed by atoms with Crippen molar-refractivity contribution in [1.29, 1.82) is 0 Å². The lowest BCUT2D eigenvalue weighted by atomic mass is 10.2. The van der Waals surface area contributed by atoms with Gasteiger partial charge >= 0.3 is 0 Å². The molecule has 0 spiro atoms. The van der Waals surface area contributed by atoms with Crippen molar-refractivity contribution in [2.45, 2.75) is 18.9 Å². The average molecular weight is 310 g/mol. The zero-order valence-electron chi connectivity index (χ0n) is 9.52. The summed E-state index contributed by atoms with van der Waals surface area (Å²) >= 11 is 3.33. The minimum atomic E-state index is -0.459. The van der Waals surface area contributed by atoms with E-state index in [4.69, 9.17) is 0 Å². The molecule has 6 heteroatoms. The second kappa shape index (κ2) is 5.77. The molecule has 0 unspecified atom stereocenters. The van der Waals surface area contributed by atoms with Gasteiger partial charge in [0.2, 0.25) is 5.91 Å². The maximum absolute atomic E-state index is 11.6. The number of nitrogens with zero attached hydrogens (tertiary/aromatic N) is 1. The Kier molecular flexibility index (Phi) is 4.09. The molecule has 18 heavy (non-hydrogen) atoms. The van der Waals surface area contributed by atoms with Gasteiger partial charge in [0.15, 0.2) is 0 Å². The van der Waals surface area contributed by atoms with Crippen LogP contribution >= 0.6 is 15.9 Å². The Morgan fingerprint density at radius 1 is 1.44 bits per heavy atom. The van der Waals surface area contributed by atoms with E-state index in [-0.39, 0.29) is 11.8 Å². The zero-order chi connectivity index (χ0) is 13.0. The molecule has 1 aromatic carbocycles. The van der Waals surface area contributed by atoms with E-state index in [9.17, 15) is 9.59 Å². The molecule has 2 N–H and O–H groups in total. The van der Waals surface area contributed by atoms with Crippen LogP contribution in [0, 0.1) is 0 Å². The Morgan fingerprint density at radius 3 is 2.78 bits per heavy atom. The topological polar surface area (TPSA) is 70.6 Å². The molecule has 0 radical (unpaired) electrons. The number of hydrazone groups is 1. The summed E-state index contributed by atoms with van der Waals surface area (Å²) in [7, 11) is 0. The van der Waals surface area contributed by atoms with Crippen LogP contribution in [0.5, 0.6) is 0 Å². The van der Waals surface area contributed by atoms with Crippen LogP contribution in [-0.2, 0) is 9.59 Å². The highest BCUT2D eigenvalue weighted by Crippen LogP contribution is 2.09. The molecule has 1 fully saturated rings. The van der Waals surface area contributed by atoms with Gasteiger partial charge in [0, 0.05) is 10.9 Å². The van der Waals surface area contributed by atoms with Crippen LogP contribution in [0.15, 0.2) is 33.8 Å². The summed E-state index contributed by atoms with van der Waals surface area (Å²) in [6.45, 7) is 0. The number of nitrogens with one attached hydrogen (secondary N) is 2. The van der Waals surface area contributed by atoms with Gasteiger partial charge < -0.3 is 5.32 Å². The van der Waals surface area contributed by atoms with E-state index < -0.39 is 6.04 Å². The van der Waals surface area contributed by atoms with Gasteiger partial charge in [0.05, 0.1) is 6.21 Å². The first-order valence-electron chi connectivity index (χ1n) is 5.53. The molecule has 1 aliphatic rings. The minimum absolute atomic E-state index is 0.0907. The Labute approximate surface area is 113 Å². The van der Waals surface area contributed by atoms with Crippen molar-refractivity contribution in [2.24, 2.45) is 5.10 Å². The van der Waals surface area contributed by atoms with E-state index in [2.05, 4.69) is 31.8 Å². The van der Waals surface area contributed by atoms with E-state index in [0.29, 0.717) is 12.8 Å². The molecule has 94 valence electrons. The molecule has 1 heterocycles. The summed E-state index contributed by atoms with van der Waals surface area (Å²) in [6.07, 6.45) is 2.48. The van der Waals surface area contributed by atoms with Gasteiger partial charge in [-0.1, -0.05) is 28.1 Å². The number of amides is 2. The average Bonchev–Trinajstić information content (AvgIpc) is 2.78. The SMILES string of the molecule is O=C1CC[C@@H](C(=O)N/N=C/c2ccc(Br)cc2)N1. The van der Waals surface area contributed by atoms with Crippen molar-refractivity contribution in [2.75, 3.05) is 0 Å². The largest absolute Gasteiger partial charge is 0.344 e. The highest BCUT2D eigenvalue weighted by Gasteiger charge is 2.26. The van der Waals surface area contributed by atoms with Gasteiger partial charge in [0.25, 0.3) is 5.91 Å². The fourth-order valence-electron chi connectivity index (χ4n) is 1.61. The highest BCUT2D eigenvalue weighted by molar-refractivity contribution is 9.10. The second-order valence-corrected chi connectivity index (χ2v) is 4.86. The normalized spacial score (nSPS) is 18.9. The molecule has 1 aliphatic heterocycles. The fraction of sp³-hybridized carbons (Fsp3) is 0.250. The molecule has 0 saturated carbocycles. The van der Waals surface area contributed by atoms with Crippen LogP contribution in [-0.4, -0.2) is 24.1 Å². The molecular formula is C12H12BrN3O2. The summed E-state index contributed by atoms with van der Waals surface area (Å²) in [4.78, 5) is 22.5. The van der Waals surface area contributed by atoms with Gasteiger partial charge in [-0.15, -0.1) is 0 Å². The number of hydrogen-bond donors (Lipinski definition) is 2. The van der Waals surface area contributed by atoms with E-state index in [1.165, 1.54) is 0 Å². The maximum atomic E-state index is 11.6. The first-order chi connectivity index (χ1) is 8.65. The van der Waals surface area contributed by atoms with Crippen LogP contribution in [0.4, 0.5) is 0 Å². The predicted octanol–water partition coefficient (Wildman–Crippen LogP) is 1.18. The highest BCUT2D eigenvalue weighted by atomic mass is 79.9. The third-order valence-electron chi connectivity index (χ3n) is 2.57. The quantitative estimate of drug-likeness (QED) is 0.650. The lowest BCUT2D eigenvalue weighted by Crippen LogP contribution is -2.39. The fourth-order valence-corrected chi connectivity index (χ4v) is 1.87. The first-order valence-corrected chi connectivity index (χ1v) is 6.32. The lowest BCUT2D eigenvalue weighted by Gasteiger charge is -2.06. The molecule has 5 nitrogen and oxygen atoms in total. The van der Waals surface area contributed by atoms with E-state index >= 15 is 0 Å². The predicted molar refractivity (Wildman–Crippen MR) is 71.0 cm³/mol. The van der Waals surface area contributed by atoms with Crippen molar-refractivity contribution < 1.29 is 9.59 Å². The van der Waals surface area contributed by atoms with Crippen molar-refractivity contribution in [1.82, 2.24) is 10.7 Å². The van der Waals surface area contributed by atoms with E-state index in [0.717, 1.165) is 10.0 Å². The zero-order valence-corrected chi connectivity index (χ0v) is 11.1. The number of hydrogen-bond acceptors (Lipinski definition) is 3. The van der Waals surface area contributed by atoms with Crippen LogP contribution in [0.1, 0.15) is 18.4 Å². The van der Waals surface area contributed by atoms with Gasteiger partial charge in [-0.25, -0.2) is 5.43 Å². The van der Waals surface area contributed by atoms with Gasteiger partial charge in [0.1, 0.15) is 6.04 Å². The Morgan fingerprint density at radius 2 is 2.17 bits per heavy atom. The number of carbonyl (C=O) groups is 2. The Balaban J connectivity index is 1.85. The molecule has 2 amide bonds. The summed E-state index contributed by atoms with van der Waals surface area (Å²) in [6, 6.07) is 7.06. The van der Waals surface area contributed by atoms with Crippen LogP contribution in [0.25, 0.3) is 0 Å². The van der Waals surface area contributed by atoms with E-state index in [1.54, 1.807) is 6.21 Å². The maximum Gasteiger partial charge on any atom is 0.262 e. The van der Waals surface area contributed by atoms with Crippen LogP contribution < -0.4 is 10.7 Å². The number of rotatable bonds is 3. The number of carbonyl (C=O) groups excluding carboxylic acids is 2. The molecule has 1 saturated heterocycles. The molecule has 2 rings (SSSR count). The van der Waals surface area contributed by atoms with Gasteiger partial charge in [-0.3, -0.25) is 9.59 Å². The summed E-state index contributed by atoms with van der Waals surface area (Å²) in [5.74, 6) is -0.374. The van der Waals surface area contributed by atoms with Gasteiger partial charge in [-0.2, -0.15) is 5.10 Å². The van der Waals surface area contributed by atoms with Crippen molar-refractivity contribution >= 4 is 34.0 Å². The molecule has 0 aliphatic carbocycles. The van der Waals surface area contributed by atoms with Crippen LogP contribution in [0.2, 0.25) is 0 Å². The second-order valence-electron chi connectivity index (χ2n) is 3.94. The first kappa shape index (κ1) is 12.8. The molecule has 1 atom stereocenters. The molecule has 0 bridgehead atoms. The van der Waals surface area contributed by atoms with Gasteiger partial charge in [-0.05, 0) is 24.1 Å². The standard InChI is InChI=1S/C12H12BrN3O2/c13-9-3-1-8(2-4-9)7-14-16-12(18)10-5-6-11(17)15-10/h1-4,7,10H,5-6H2,(H,15,17)(H,16,18)/b14-7+/t10-/m0/s1. The third-order valence-corrected chi connectivity index (χ3v) is 3.10. The Bertz CT molecular complexity index is 485. The monoisotopic (exact) mass is 309 g/mol. The molecular weight excluding hydrogens is 298 g/mol. The summed E-state index contributed by atoms with van der Waals surface area (Å²) < 4.78 is 0.984.